The number of nitrogens with zero attached hydrogens (tertiary/aromatic N) is 3. The minimum absolute atomic E-state index is 1.10. The Labute approximate surface area is 75.9 Å². The van der Waals surface area contributed by atoms with Crippen molar-refractivity contribution in [3.05, 3.63) is 0 Å². The van der Waals surface area contributed by atoms with Crippen LogP contribution in [0.3, 0.4) is 0 Å². The zero-order valence-corrected chi connectivity index (χ0v) is 8.58. The SMILES string of the molecule is CN1CCCN(C)CN(C)CC1. The quantitative estimate of drug-likeness (QED) is 0.513. The van der Waals surface area contributed by atoms with Gasteiger partial charge in [0.05, 0.1) is 6.67 Å². The van der Waals surface area contributed by atoms with Crippen molar-refractivity contribution in [2.24, 2.45) is 0 Å². The van der Waals surface area contributed by atoms with Crippen molar-refractivity contribution in [2.45, 2.75) is 6.42 Å². The van der Waals surface area contributed by atoms with E-state index in [2.05, 4.69) is 35.8 Å². The second-order valence-corrected chi connectivity index (χ2v) is 3.96. The molecule has 0 amide bonds. The lowest BCUT2D eigenvalue weighted by atomic mass is 10.4. The largest absolute Gasteiger partial charge is 0.305 e. The van der Waals surface area contributed by atoms with Gasteiger partial charge < -0.3 is 4.90 Å². The second-order valence-electron chi connectivity index (χ2n) is 3.96. The predicted molar refractivity (Wildman–Crippen MR) is 52.2 cm³/mol. The molecule has 3 nitrogen and oxygen atoms in total. The molecule has 0 atom stereocenters. The zero-order chi connectivity index (χ0) is 8.97. The number of rotatable bonds is 0. The molecular weight excluding hydrogens is 150 g/mol. The van der Waals surface area contributed by atoms with E-state index in [1.54, 1.807) is 0 Å². The molecular formula is C9H21N3. The van der Waals surface area contributed by atoms with Crippen molar-refractivity contribution < 1.29 is 0 Å². The van der Waals surface area contributed by atoms with Gasteiger partial charge in [-0.05, 0) is 34.1 Å². The van der Waals surface area contributed by atoms with Gasteiger partial charge >= 0.3 is 0 Å². The Bertz CT molecular complexity index is 127. The van der Waals surface area contributed by atoms with E-state index in [0.717, 1.165) is 6.67 Å². The smallest absolute Gasteiger partial charge is 0.0501 e. The van der Waals surface area contributed by atoms with Crippen LogP contribution in [-0.2, 0) is 0 Å². The van der Waals surface area contributed by atoms with Gasteiger partial charge in [-0.25, -0.2) is 0 Å². The minimum Gasteiger partial charge on any atom is -0.305 e. The monoisotopic (exact) mass is 171 g/mol. The average Bonchev–Trinajstić information content (AvgIpc) is 2.05. The van der Waals surface area contributed by atoms with Crippen LogP contribution in [0, 0.1) is 0 Å². The summed E-state index contributed by atoms with van der Waals surface area (Å²) in [6.07, 6.45) is 1.29. The highest BCUT2D eigenvalue weighted by Gasteiger charge is 2.08. The molecule has 1 aliphatic heterocycles. The standard InChI is InChI=1S/C9H21N3/c1-10-5-4-6-11(2)9-12(3)8-7-10/h4-9H2,1-3H3. The first-order valence-corrected chi connectivity index (χ1v) is 4.74. The molecule has 72 valence electrons. The first kappa shape index (κ1) is 9.96. The summed E-state index contributed by atoms with van der Waals surface area (Å²) >= 11 is 0. The van der Waals surface area contributed by atoms with E-state index in [1.807, 2.05) is 0 Å². The van der Waals surface area contributed by atoms with Gasteiger partial charge in [0.2, 0.25) is 0 Å². The highest BCUT2D eigenvalue weighted by Crippen LogP contribution is 1.97. The maximum atomic E-state index is 2.41. The van der Waals surface area contributed by atoms with Crippen molar-refractivity contribution in [1.82, 2.24) is 14.7 Å². The van der Waals surface area contributed by atoms with Crippen LogP contribution in [0.4, 0.5) is 0 Å². The van der Waals surface area contributed by atoms with Gasteiger partial charge in [0.25, 0.3) is 0 Å². The molecule has 0 aromatic heterocycles. The number of hydrogen-bond donors (Lipinski definition) is 0. The lowest BCUT2D eigenvalue weighted by Gasteiger charge is -2.22. The molecule has 0 aromatic carbocycles. The maximum Gasteiger partial charge on any atom is 0.0501 e. The third-order valence-electron chi connectivity index (χ3n) is 2.43. The van der Waals surface area contributed by atoms with Gasteiger partial charge in [0.1, 0.15) is 0 Å². The fraction of sp³-hybridized carbons (Fsp3) is 1.00. The highest BCUT2D eigenvalue weighted by atomic mass is 15.3. The molecule has 0 N–H and O–H groups in total. The molecule has 0 aromatic rings. The van der Waals surface area contributed by atoms with Crippen LogP contribution < -0.4 is 0 Å². The molecule has 0 unspecified atom stereocenters. The van der Waals surface area contributed by atoms with Crippen LogP contribution in [0.25, 0.3) is 0 Å². The van der Waals surface area contributed by atoms with Gasteiger partial charge in [-0.1, -0.05) is 0 Å². The summed E-state index contributed by atoms with van der Waals surface area (Å²) in [6, 6.07) is 0. The molecule has 0 spiro atoms. The lowest BCUT2D eigenvalue weighted by molar-refractivity contribution is 0.187. The van der Waals surface area contributed by atoms with E-state index in [0.29, 0.717) is 0 Å². The molecule has 0 aliphatic carbocycles. The van der Waals surface area contributed by atoms with E-state index in [9.17, 15) is 0 Å². The second kappa shape index (κ2) is 4.80. The fourth-order valence-corrected chi connectivity index (χ4v) is 1.62. The van der Waals surface area contributed by atoms with Crippen LogP contribution in [-0.4, -0.2) is 68.7 Å². The molecule has 0 bridgehead atoms. The van der Waals surface area contributed by atoms with Crippen molar-refractivity contribution >= 4 is 0 Å². The van der Waals surface area contributed by atoms with Crippen LogP contribution in [0.5, 0.6) is 0 Å². The molecule has 1 heterocycles. The summed E-state index contributed by atoms with van der Waals surface area (Å²) in [5, 5.41) is 0. The van der Waals surface area contributed by atoms with Crippen molar-refractivity contribution in [3.63, 3.8) is 0 Å². The summed E-state index contributed by atoms with van der Waals surface area (Å²) < 4.78 is 0. The van der Waals surface area contributed by atoms with Gasteiger partial charge in [0, 0.05) is 19.6 Å². The van der Waals surface area contributed by atoms with Crippen molar-refractivity contribution in [1.29, 1.82) is 0 Å². The van der Waals surface area contributed by atoms with Gasteiger partial charge in [-0.2, -0.15) is 0 Å². The highest BCUT2D eigenvalue weighted by molar-refractivity contribution is 4.62. The number of likely N-dealkylation sites (N-methyl/N-ethyl adjacent to an activating group) is 2. The molecule has 1 aliphatic rings. The summed E-state index contributed by atoms with van der Waals surface area (Å²) in [4.78, 5) is 7.18. The van der Waals surface area contributed by atoms with Gasteiger partial charge in [-0.15, -0.1) is 0 Å². The molecule has 3 heteroatoms. The molecule has 12 heavy (non-hydrogen) atoms. The third kappa shape index (κ3) is 3.52. The van der Waals surface area contributed by atoms with E-state index >= 15 is 0 Å². The van der Waals surface area contributed by atoms with E-state index in [-0.39, 0.29) is 0 Å². The minimum atomic E-state index is 1.10. The summed E-state index contributed by atoms with van der Waals surface area (Å²) in [6.45, 7) is 5.94. The maximum absolute atomic E-state index is 2.41. The third-order valence-corrected chi connectivity index (χ3v) is 2.43. The van der Waals surface area contributed by atoms with Gasteiger partial charge in [0.15, 0.2) is 0 Å². The summed E-state index contributed by atoms with van der Waals surface area (Å²) in [5.74, 6) is 0. The molecule has 1 saturated heterocycles. The summed E-state index contributed by atoms with van der Waals surface area (Å²) in [7, 11) is 6.59. The Balaban J connectivity index is 2.36. The van der Waals surface area contributed by atoms with E-state index in [1.165, 1.54) is 32.6 Å². The lowest BCUT2D eigenvalue weighted by Crippen LogP contribution is -2.35. The molecule has 0 saturated carbocycles. The first-order chi connectivity index (χ1) is 5.68. The zero-order valence-electron chi connectivity index (χ0n) is 8.58. The van der Waals surface area contributed by atoms with Crippen LogP contribution in [0.2, 0.25) is 0 Å². The molecule has 0 radical (unpaired) electrons. The Hall–Kier alpha value is -0.120. The fourth-order valence-electron chi connectivity index (χ4n) is 1.62. The Morgan fingerprint density at radius 3 is 1.92 bits per heavy atom. The topological polar surface area (TPSA) is 9.72 Å². The van der Waals surface area contributed by atoms with Crippen LogP contribution in [0.1, 0.15) is 6.42 Å². The number of hydrogen-bond acceptors (Lipinski definition) is 3. The average molecular weight is 171 g/mol. The molecule has 1 fully saturated rings. The van der Waals surface area contributed by atoms with Crippen molar-refractivity contribution in [2.75, 3.05) is 54.0 Å². The van der Waals surface area contributed by atoms with Crippen LogP contribution >= 0.6 is 0 Å². The Morgan fingerprint density at radius 2 is 1.17 bits per heavy atom. The normalized spacial score (nSPS) is 26.2. The Kier molecular flexibility index (Phi) is 3.98. The van der Waals surface area contributed by atoms with Crippen LogP contribution in [0.15, 0.2) is 0 Å². The van der Waals surface area contributed by atoms with Crippen molar-refractivity contribution in [3.8, 4) is 0 Å². The predicted octanol–water partition coefficient (Wildman–Crippen LogP) is 0.143. The van der Waals surface area contributed by atoms with Gasteiger partial charge in [-0.3, -0.25) is 9.80 Å². The molecule has 1 rings (SSSR count). The van der Waals surface area contributed by atoms with E-state index in [4.69, 9.17) is 0 Å². The summed E-state index contributed by atoms with van der Waals surface area (Å²) in [5.41, 5.74) is 0. The first-order valence-electron chi connectivity index (χ1n) is 4.74. The Morgan fingerprint density at radius 1 is 0.667 bits per heavy atom. The van der Waals surface area contributed by atoms with E-state index < -0.39 is 0 Å².